The number of benzene rings is 3. The van der Waals surface area contributed by atoms with Crippen molar-refractivity contribution in [3.8, 4) is 11.1 Å². The topological polar surface area (TPSA) is 75.4 Å². The standard InChI is InChI=1S/C29H30F3N3O2/c1-19(20-3-5-21(6-4-20)25-12-11-24(31)17-26(25)32)35-16-14-29(18-27(35)36,13-2-15-34-28(33)37)22-7-9-23(30)10-8-22/h3-12,17,19H,2,13-16,18H2,1H3,(H3,33,34,37)/t19-,29-/m0/s1. The number of nitrogens with two attached hydrogens (primary N) is 1. The fourth-order valence-electron chi connectivity index (χ4n) is 5.24. The minimum absolute atomic E-state index is 0.0143. The number of nitrogens with zero attached hydrogens (tertiary/aromatic N) is 1. The van der Waals surface area contributed by atoms with Gasteiger partial charge in [0.2, 0.25) is 5.91 Å². The molecule has 4 rings (SSSR count). The third-order valence-corrected chi connectivity index (χ3v) is 7.33. The van der Waals surface area contributed by atoms with E-state index in [1.807, 2.05) is 24.0 Å². The van der Waals surface area contributed by atoms with E-state index in [-0.39, 0.29) is 24.2 Å². The van der Waals surface area contributed by atoms with Crippen molar-refractivity contribution >= 4 is 11.9 Å². The predicted octanol–water partition coefficient (Wildman–Crippen LogP) is 5.84. The first-order valence-corrected chi connectivity index (χ1v) is 12.3. The van der Waals surface area contributed by atoms with E-state index < -0.39 is 23.1 Å². The van der Waals surface area contributed by atoms with Crippen LogP contribution in [0.4, 0.5) is 18.0 Å². The zero-order valence-electron chi connectivity index (χ0n) is 20.6. The molecule has 1 saturated heterocycles. The smallest absolute Gasteiger partial charge is 0.312 e. The van der Waals surface area contributed by atoms with Gasteiger partial charge in [0, 0.05) is 36.6 Å². The Kier molecular flexibility index (Phi) is 7.86. The maximum atomic E-state index is 14.2. The van der Waals surface area contributed by atoms with Crippen LogP contribution in [0.3, 0.4) is 0 Å². The van der Waals surface area contributed by atoms with Gasteiger partial charge in [0.05, 0.1) is 6.04 Å². The van der Waals surface area contributed by atoms with Crippen molar-refractivity contribution in [2.24, 2.45) is 5.73 Å². The summed E-state index contributed by atoms with van der Waals surface area (Å²) in [7, 11) is 0. The molecule has 0 bridgehead atoms. The Hall–Kier alpha value is -3.81. The summed E-state index contributed by atoms with van der Waals surface area (Å²) in [5, 5.41) is 2.59. The molecule has 1 aliphatic heterocycles. The van der Waals surface area contributed by atoms with Crippen molar-refractivity contribution < 1.29 is 22.8 Å². The molecule has 5 nitrogen and oxygen atoms in total. The number of piperidine rings is 1. The van der Waals surface area contributed by atoms with Gasteiger partial charge in [-0.25, -0.2) is 18.0 Å². The molecular weight excluding hydrogens is 479 g/mol. The average molecular weight is 510 g/mol. The molecule has 2 atom stereocenters. The Labute approximate surface area is 214 Å². The van der Waals surface area contributed by atoms with Gasteiger partial charge in [0.25, 0.3) is 0 Å². The first-order chi connectivity index (χ1) is 17.7. The molecule has 0 radical (unpaired) electrons. The van der Waals surface area contributed by atoms with Crippen molar-refractivity contribution in [2.75, 3.05) is 13.1 Å². The minimum atomic E-state index is -0.629. The number of primary amides is 1. The molecule has 0 spiro atoms. The Morgan fingerprint density at radius 1 is 1.03 bits per heavy atom. The largest absolute Gasteiger partial charge is 0.352 e. The van der Waals surface area contributed by atoms with E-state index in [0.717, 1.165) is 17.2 Å². The van der Waals surface area contributed by atoms with E-state index in [0.29, 0.717) is 43.5 Å². The highest BCUT2D eigenvalue weighted by atomic mass is 19.1. The number of halogens is 3. The first kappa shape index (κ1) is 26.3. The highest BCUT2D eigenvalue weighted by molar-refractivity contribution is 5.79. The highest BCUT2D eigenvalue weighted by Crippen LogP contribution is 2.42. The summed E-state index contributed by atoms with van der Waals surface area (Å²) in [4.78, 5) is 26.3. The number of amides is 3. The van der Waals surface area contributed by atoms with Crippen LogP contribution in [0.1, 0.15) is 49.8 Å². The molecule has 3 amide bonds. The number of carbonyl (C=O) groups excluding carboxylic acids is 2. The zero-order valence-corrected chi connectivity index (χ0v) is 20.6. The molecule has 0 saturated carbocycles. The second-order valence-corrected chi connectivity index (χ2v) is 9.62. The number of carbonyl (C=O) groups is 2. The van der Waals surface area contributed by atoms with Crippen molar-refractivity contribution in [2.45, 2.75) is 44.1 Å². The van der Waals surface area contributed by atoms with Crippen LogP contribution in [0.15, 0.2) is 66.7 Å². The summed E-state index contributed by atoms with van der Waals surface area (Å²) in [6.07, 6.45) is 2.22. The first-order valence-electron chi connectivity index (χ1n) is 12.3. The summed E-state index contributed by atoms with van der Waals surface area (Å²) >= 11 is 0. The van der Waals surface area contributed by atoms with Crippen LogP contribution in [0.2, 0.25) is 0 Å². The summed E-state index contributed by atoms with van der Waals surface area (Å²) in [6.45, 7) is 2.86. The third-order valence-electron chi connectivity index (χ3n) is 7.33. The molecule has 1 heterocycles. The van der Waals surface area contributed by atoms with Gasteiger partial charge in [-0.3, -0.25) is 4.79 Å². The molecule has 37 heavy (non-hydrogen) atoms. The highest BCUT2D eigenvalue weighted by Gasteiger charge is 2.41. The number of hydrogen-bond acceptors (Lipinski definition) is 2. The molecule has 3 aromatic carbocycles. The van der Waals surface area contributed by atoms with E-state index in [1.54, 1.807) is 24.3 Å². The van der Waals surface area contributed by atoms with E-state index >= 15 is 0 Å². The Morgan fingerprint density at radius 2 is 1.70 bits per heavy atom. The lowest BCUT2D eigenvalue weighted by Gasteiger charge is -2.44. The van der Waals surface area contributed by atoms with Crippen LogP contribution in [0.5, 0.6) is 0 Å². The van der Waals surface area contributed by atoms with Crippen LogP contribution < -0.4 is 11.1 Å². The van der Waals surface area contributed by atoms with Crippen LogP contribution in [0.25, 0.3) is 11.1 Å². The minimum Gasteiger partial charge on any atom is -0.352 e. The van der Waals surface area contributed by atoms with Gasteiger partial charge >= 0.3 is 6.03 Å². The molecule has 1 aliphatic rings. The number of likely N-dealkylation sites (tertiary alicyclic amines) is 1. The van der Waals surface area contributed by atoms with Gasteiger partial charge in [-0.05, 0) is 67.1 Å². The molecular formula is C29H30F3N3O2. The van der Waals surface area contributed by atoms with Crippen molar-refractivity contribution in [3.63, 3.8) is 0 Å². The molecule has 0 unspecified atom stereocenters. The molecule has 194 valence electrons. The molecule has 0 aromatic heterocycles. The van der Waals surface area contributed by atoms with Crippen molar-refractivity contribution in [1.29, 1.82) is 0 Å². The number of urea groups is 1. The van der Waals surface area contributed by atoms with Gasteiger partial charge < -0.3 is 16.0 Å². The monoisotopic (exact) mass is 509 g/mol. The summed E-state index contributed by atoms with van der Waals surface area (Å²) < 4.78 is 41.1. The van der Waals surface area contributed by atoms with Crippen molar-refractivity contribution in [1.82, 2.24) is 10.2 Å². The summed E-state index contributed by atoms with van der Waals surface area (Å²) in [6, 6.07) is 16.2. The maximum Gasteiger partial charge on any atom is 0.312 e. The summed E-state index contributed by atoms with van der Waals surface area (Å²) in [5.41, 5.74) is 7.44. The van der Waals surface area contributed by atoms with Gasteiger partial charge in [0.15, 0.2) is 0 Å². The van der Waals surface area contributed by atoms with Gasteiger partial charge in [-0.15, -0.1) is 0 Å². The zero-order chi connectivity index (χ0) is 26.6. The lowest BCUT2D eigenvalue weighted by molar-refractivity contribution is -0.138. The Bertz CT molecular complexity index is 1260. The third kappa shape index (κ3) is 5.96. The predicted molar refractivity (Wildman–Crippen MR) is 136 cm³/mol. The van der Waals surface area contributed by atoms with E-state index in [1.165, 1.54) is 24.3 Å². The van der Waals surface area contributed by atoms with Crippen LogP contribution >= 0.6 is 0 Å². The second kappa shape index (κ2) is 11.1. The molecule has 3 aromatic rings. The Balaban J connectivity index is 1.50. The number of rotatable bonds is 8. The van der Waals surface area contributed by atoms with Gasteiger partial charge in [-0.1, -0.05) is 36.4 Å². The van der Waals surface area contributed by atoms with Gasteiger partial charge in [0.1, 0.15) is 17.5 Å². The van der Waals surface area contributed by atoms with E-state index in [2.05, 4.69) is 5.32 Å². The molecule has 8 heteroatoms. The lowest BCUT2D eigenvalue weighted by Crippen LogP contribution is -2.47. The molecule has 1 fully saturated rings. The van der Waals surface area contributed by atoms with Crippen LogP contribution in [0, 0.1) is 17.5 Å². The molecule has 0 aliphatic carbocycles. The van der Waals surface area contributed by atoms with Crippen LogP contribution in [-0.2, 0) is 10.2 Å². The molecule has 3 N–H and O–H groups in total. The number of nitrogens with one attached hydrogen (secondary N) is 1. The SMILES string of the molecule is C[C@@H](c1ccc(-c2ccc(F)cc2F)cc1)N1CC[C@](CCCNC(N)=O)(c2ccc(F)cc2)CC1=O. The fraction of sp³-hybridized carbons (Fsp3) is 0.310. The van der Waals surface area contributed by atoms with Gasteiger partial charge in [-0.2, -0.15) is 0 Å². The maximum absolute atomic E-state index is 14.2. The quantitative estimate of drug-likeness (QED) is 0.374. The lowest BCUT2D eigenvalue weighted by atomic mass is 9.69. The average Bonchev–Trinajstić information content (AvgIpc) is 2.87. The number of hydrogen-bond donors (Lipinski definition) is 2. The Morgan fingerprint density at radius 3 is 2.32 bits per heavy atom. The normalized spacial score (nSPS) is 18.5. The second-order valence-electron chi connectivity index (χ2n) is 9.62. The van der Waals surface area contributed by atoms with E-state index in [9.17, 15) is 22.8 Å². The van der Waals surface area contributed by atoms with E-state index in [4.69, 9.17) is 5.73 Å². The fourth-order valence-corrected chi connectivity index (χ4v) is 5.24. The van der Waals surface area contributed by atoms with Crippen LogP contribution in [-0.4, -0.2) is 29.9 Å². The van der Waals surface area contributed by atoms with Crippen molar-refractivity contribution in [3.05, 3.63) is 95.3 Å². The summed E-state index contributed by atoms with van der Waals surface area (Å²) in [5.74, 6) is -1.61.